The van der Waals surface area contributed by atoms with Gasteiger partial charge in [0.15, 0.2) is 0 Å². The summed E-state index contributed by atoms with van der Waals surface area (Å²) in [4.78, 5) is 24.8. The lowest BCUT2D eigenvalue weighted by atomic mass is 9.99. The maximum atomic E-state index is 13.6. The highest BCUT2D eigenvalue weighted by Crippen LogP contribution is 2.30. The number of anilines is 3. The van der Waals surface area contributed by atoms with E-state index in [0.29, 0.717) is 19.1 Å². The molecule has 2 aromatic carbocycles. The van der Waals surface area contributed by atoms with E-state index in [9.17, 15) is 4.79 Å². The smallest absolute Gasteiger partial charge is 0.254 e. The summed E-state index contributed by atoms with van der Waals surface area (Å²) in [6.07, 6.45) is 2.05. The second kappa shape index (κ2) is 11.0. The van der Waals surface area contributed by atoms with Gasteiger partial charge in [-0.3, -0.25) is 4.79 Å². The van der Waals surface area contributed by atoms with Crippen LogP contribution >= 0.6 is 11.6 Å². The summed E-state index contributed by atoms with van der Waals surface area (Å²) in [6, 6.07) is 18.7. The lowest BCUT2D eigenvalue weighted by molar-refractivity contribution is 0.0746. The van der Waals surface area contributed by atoms with Crippen LogP contribution in [0.25, 0.3) is 0 Å². The normalized spacial score (nSPS) is 16.7. The first-order valence-corrected chi connectivity index (χ1v) is 13.6. The Morgan fingerprint density at radius 2 is 1.59 bits per heavy atom. The van der Waals surface area contributed by atoms with Crippen molar-refractivity contribution in [3.63, 3.8) is 0 Å². The van der Waals surface area contributed by atoms with Gasteiger partial charge in [-0.25, -0.2) is 4.98 Å². The number of hydrogen-bond acceptors (Lipinski definition) is 5. The van der Waals surface area contributed by atoms with Gasteiger partial charge in [-0.2, -0.15) is 0 Å². The average Bonchev–Trinajstić information content (AvgIpc) is 2.91. The number of para-hydroxylation sites is 1. The molecule has 0 spiro atoms. The van der Waals surface area contributed by atoms with Crippen molar-refractivity contribution in [3.05, 3.63) is 82.0 Å². The van der Waals surface area contributed by atoms with Crippen LogP contribution in [0, 0.1) is 20.8 Å². The summed E-state index contributed by atoms with van der Waals surface area (Å²) in [7, 11) is 0. The van der Waals surface area contributed by atoms with E-state index in [1.165, 1.54) is 5.56 Å². The molecule has 194 valence electrons. The Hall–Kier alpha value is -3.25. The molecule has 3 aromatic rings. The van der Waals surface area contributed by atoms with E-state index in [4.69, 9.17) is 11.6 Å². The van der Waals surface area contributed by atoms with Gasteiger partial charge in [-0.05, 0) is 75.1 Å². The number of rotatable bonds is 5. The van der Waals surface area contributed by atoms with Crippen molar-refractivity contribution in [1.82, 2.24) is 9.88 Å². The summed E-state index contributed by atoms with van der Waals surface area (Å²) in [5, 5.41) is 4.56. The van der Waals surface area contributed by atoms with Crippen LogP contribution in [0.4, 0.5) is 17.2 Å². The number of carbonyl (C=O) groups is 1. The number of nitrogens with one attached hydrogen (secondary N) is 1. The number of aryl methyl sites for hydroxylation is 3. The first-order valence-electron chi connectivity index (χ1n) is 13.2. The third-order valence-corrected chi connectivity index (χ3v) is 7.93. The number of piperazine rings is 1. The van der Waals surface area contributed by atoms with Gasteiger partial charge in [-0.15, -0.1) is 0 Å². The molecule has 0 unspecified atom stereocenters. The zero-order chi connectivity index (χ0) is 25.9. The van der Waals surface area contributed by atoms with Gasteiger partial charge in [0.1, 0.15) is 5.82 Å². The molecular weight excluding hydrogens is 482 g/mol. The van der Waals surface area contributed by atoms with Gasteiger partial charge in [-0.1, -0.05) is 35.9 Å². The van der Waals surface area contributed by atoms with Crippen molar-refractivity contribution in [2.75, 3.05) is 54.4 Å². The van der Waals surface area contributed by atoms with Gasteiger partial charge in [0.25, 0.3) is 5.91 Å². The zero-order valence-corrected chi connectivity index (χ0v) is 22.8. The number of aromatic nitrogens is 1. The summed E-state index contributed by atoms with van der Waals surface area (Å²) in [6.45, 7) is 11.1. The minimum Gasteiger partial charge on any atom is -0.382 e. The van der Waals surface area contributed by atoms with E-state index in [-0.39, 0.29) is 5.91 Å². The quantitative estimate of drug-likeness (QED) is 0.470. The fraction of sp³-hybridized carbons (Fsp3) is 0.400. The third kappa shape index (κ3) is 5.69. The number of nitrogens with zero attached hydrogens (tertiary/aromatic N) is 4. The van der Waals surface area contributed by atoms with Crippen LogP contribution in [0.5, 0.6) is 0 Å². The van der Waals surface area contributed by atoms with Crippen LogP contribution in [0.2, 0.25) is 5.02 Å². The third-order valence-electron chi connectivity index (χ3n) is 7.61. The van der Waals surface area contributed by atoms with E-state index < -0.39 is 0 Å². The Morgan fingerprint density at radius 3 is 2.30 bits per heavy atom. The topological polar surface area (TPSA) is 51.7 Å². The Labute approximate surface area is 225 Å². The van der Waals surface area contributed by atoms with Gasteiger partial charge >= 0.3 is 0 Å². The summed E-state index contributed by atoms with van der Waals surface area (Å²) in [5.74, 6) is 1.11. The van der Waals surface area contributed by atoms with Crippen molar-refractivity contribution >= 4 is 34.7 Å². The van der Waals surface area contributed by atoms with Crippen molar-refractivity contribution < 1.29 is 4.79 Å². The first kappa shape index (κ1) is 25.4. The highest BCUT2D eigenvalue weighted by atomic mass is 35.5. The second-order valence-electron chi connectivity index (χ2n) is 10.3. The summed E-state index contributed by atoms with van der Waals surface area (Å²) in [5.41, 5.74) is 6.19. The molecule has 6 nitrogen and oxygen atoms in total. The molecular formula is C30H36ClN5O. The highest BCUT2D eigenvalue weighted by Gasteiger charge is 2.26. The monoisotopic (exact) mass is 517 g/mol. The number of hydrogen-bond donors (Lipinski definition) is 1. The van der Waals surface area contributed by atoms with Crippen molar-refractivity contribution in [1.29, 1.82) is 0 Å². The number of piperidine rings is 1. The van der Waals surface area contributed by atoms with Crippen LogP contribution < -0.4 is 15.1 Å². The second-order valence-corrected chi connectivity index (χ2v) is 10.7. The molecule has 1 amide bonds. The molecule has 5 rings (SSSR count). The zero-order valence-electron chi connectivity index (χ0n) is 22.0. The highest BCUT2D eigenvalue weighted by molar-refractivity contribution is 6.33. The number of benzene rings is 2. The maximum Gasteiger partial charge on any atom is 0.254 e. The molecule has 1 N–H and O–H groups in total. The van der Waals surface area contributed by atoms with Crippen molar-refractivity contribution in [3.8, 4) is 0 Å². The largest absolute Gasteiger partial charge is 0.382 e. The molecule has 2 aliphatic rings. The van der Waals surface area contributed by atoms with Crippen LogP contribution in [0.1, 0.15) is 40.0 Å². The van der Waals surface area contributed by atoms with E-state index >= 15 is 0 Å². The fourth-order valence-electron chi connectivity index (χ4n) is 5.44. The molecule has 0 bridgehead atoms. The van der Waals surface area contributed by atoms with Crippen LogP contribution in [0.15, 0.2) is 54.6 Å². The minimum absolute atomic E-state index is 0.117. The van der Waals surface area contributed by atoms with E-state index in [1.807, 2.05) is 55.1 Å². The van der Waals surface area contributed by atoms with Gasteiger partial charge in [0.05, 0.1) is 10.7 Å². The minimum atomic E-state index is 0.117. The SMILES string of the molecule is Cc1cccc(N2CCN(C(=O)c3cc(NC4CCN(c5ccccc5Cl)CC4)c(C)cc3C)CC2)n1. The molecule has 2 fully saturated rings. The van der Waals surface area contributed by atoms with Crippen molar-refractivity contribution in [2.24, 2.45) is 0 Å². The molecule has 1 aromatic heterocycles. The molecule has 0 aliphatic carbocycles. The predicted octanol–water partition coefficient (Wildman–Crippen LogP) is 5.70. The summed E-state index contributed by atoms with van der Waals surface area (Å²) >= 11 is 6.42. The average molecular weight is 518 g/mol. The molecule has 2 saturated heterocycles. The number of halogens is 1. The van der Waals surface area contributed by atoms with E-state index in [1.54, 1.807) is 0 Å². The molecule has 2 aliphatic heterocycles. The molecule has 37 heavy (non-hydrogen) atoms. The lowest BCUT2D eigenvalue weighted by Crippen LogP contribution is -2.49. The fourth-order valence-corrected chi connectivity index (χ4v) is 5.70. The van der Waals surface area contributed by atoms with Crippen LogP contribution in [-0.4, -0.2) is 61.1 Å². The number of pyridine rings is 1. The molecule has 0 saturated carbocycles. The maximum absolute atomic E-state index is 13.6. The first-order chi connectivity index (χ1) is 17.9. The Morgan fingerprint density at radius 1 is 0.865 bits per heavy atom. The predicted molar refractivity (Wildman–Crippen MR) is 153 cm³/mol. The number of carbonyl (C=O) groups excluding carboxylic acids is 1. The Bertz CT molecular complexity index is 1260. The van der Waals surface area contributed by atoms with Crippen LogP contribution in [0.3, 0.4) is 0 Å². The van der Waals surface area contributed by atoms with E-state index in [2.05, 4.69) is 45.2 Å². The Kier molecular flexibility index (Phi) is 7.56. The van der Waals surface area contributed by atoms with Gasteiger partial charge in [0.2, 0.25) is 0 Å². The standard InChI is InChI=1S/C30H36ClN5O/c1-21-19-22(2)27(33-24-11-13-34(14-12-24)28-9-5-4-8-26(28)31)20-25(21)30(37)36-17-15-35(16-18-36)29-10-6-7-23(3)32-29/h4-10,19-20,24,33H,11-18H2,1-3H3. The molecule has 0 radical (unpaired) electrons. The van der Waals surface area contributed by atoms with E-state index in [0.717, 1.165) is 78.1 Å². The van der Waals surface area contributed by atoms with Crippen molar-refractivity contribution in [2.45, 2.75) is 39.7 Å². The lowest BCUT2D eigenvalue weighted by Gasteiger charge is -2.36. The molecule has 7 heteroatoms. The Balaban J connectivity index is 1.22. The van der Waals surface area contributed by atoms with Crippen LogP contribution in [-0.2, 0) is 0 Å². The van der Waals surface area contributed by atoms with Gasteiger partial charge in [0, 0.05) is 62.3 Å². The van der Waals surface area contributed by atoms with Gasteiger partial charge < -0.3 is 20.0 Å². The molecule has 3 heterocycles. The number of amides is 1. The summed E-state index contributed by atoms with van der Waals surface area (Å²) < 4.78 is 0. The molecule has 0 atom stereocenters.